The molecule has 0 saturated heterocycles. The van der Waals surface area contributed by atoms with Crippen LogP contribution in [0.2, 0.25) is 5.02 Å². The van der Waals surface area contributed by atoms with Crippen LogP contribution in [0.5, 0.6) is 0 Å². The molecule has 0 saturated carbocycles. The van der Waals surface area contributed by atoms with Gasteiger partial charge in [-0.05, 0) is 39.3 Å². The summed E-state index contributed by atoms with van der Waals surface area (Å²) in [7, 11) is 0. The van der Waals surface area contributed by atoms with E-state index in [-0.39, 0.29) is 12.1 Å². The molecular weight excluding hydrogens is 284 g/mol. The summed E-state index contributed by atoms with van der Waals surface area (Å²) in [4.78, 5) is 2.23. The second kappa shape index (κ2) is 8.62. The van der Waals surface area contributed by atoms with Gasteiger partial charge in [-0.15, -0.1) is 0 Å². The minimum absolute atomic E-state index is 0.0433. The lowest BCUT2D eigenvalue weighted by atomic mass is 10.1. The monoisotopic (exact) mass is 312 g/mol. The fourth-order valence-electron chi connectivity index (χ4n) is 2.19. The maximum Gasteiger partial charge on any atom is 0.0606 e. The Bertz CT molecular complexity index is 429. The van der Waals surface area contributed by atoms with Crippen molar-refractivity contribution in [2.75, 3.05) is 24.6 Å². The predicted octanol–water partition coefficient (Wildman–Crippen LogP) is 3.83. The highest BCUT2D eigenvalue weighted by Crippen LogP contribution is 2.28. The van der Waals surface area contributed by atoms with Crippen LogP contribution >= 0.6 is 11.6 Å². The summed E-state index contributed by atoms with van der Waals surface area (Å²) >= 11 is 6.41. The maximum atomic E-state index is 9.33. The van der Waals surface area contributed by atoms with Crippen LogP contribution < -0.4 is 10.2 Å². The third kappa shape index (κ3) is 6.25. The topological polar surface area (TPSA) is 35.5 Å². The highest BCUT2D eigenvalue weighted by Gasteiger charge is 2.16. The Morgan fingerprint density at radius 3 is 2.52 bits per heavy atom. The van der Waals surface area contributed by atoms with Gasteiger partial charge in [0.15, 0.2) is 0 Å². The number of nitrogens with one attached hydrogen (secondary N) is 1. The van der Waals surface area contributed by atoms with Gasteiger partial charge >= 0.3 is 0 Å². The first-order chi connectivity index (χ1) is 9.89. The number of benzene rings is 1. The number of hydrogen-bond donors (Lipinski definition) is 2. The maximum absolute atomic E-state index is 9.33. The molecule has 3 nitrogen and oxygen atoms in total. The first kappa shape index (κ1) is 18.3. The highest BCUT2D eigenvalue weighted by molar-refractivity contribution is 6.31. The van der Waals surface area contributed by atoms with E-state index in [0.717, 1.165) is 42.2 Å². The molecule has 0 bridgehead atoms. The Hall–Kier alpha value is -0.770. The number of rotatable bonds is 8. The second-order valence-electron chi connectivity index (χ2n) is 6.41. The quantitative estimate of drug-likeness (QED) is 0.766. The molecule has 1 aromatic rings. The van der Waals surface area contributed by atoms with E-state index in [1.807, 2.05) is 12.1 Å². The van der Waals surface area contributed by atoms with Crippen molar-refractivity contribution in [2.24, 2.45) is 0 Å². The molecule has 0 heterocycles. The smallest absolute Gasteiger partial charge is 0.0606 e. The molecule has 0 amide bonds. The number of nitrogens with zero attached hydrogens (tertiary/aromatic N) is 1. The van der Waals surface area contributed by atoms with E-state index in [1.54, 1.807) is 0 Å². The van der Waals surface area contributed by atoms with Crippen molar-refractivity contribution in [3.8, 4) is 0 Å². The van der Waals surface area contributed by atoms with Gasteiger partial charge in [0.05, 0.1) is 6.61 Å². The molecule has 1 aromatic carbocycles. The van der Waals surface area contributed by atoms with Crippen LogP contribution in [0.1, 0.15) is 46.1 Å². The first-order valence-electron chi connectivity index (χ1n) is 7.77. The molecule has 21 heavy (non-hydrogen) atoms. The molecule has 0 aliphatic heterocycles. The molecular formula is C17H29ClN2O. The van der Waals surface area contributed by atoms with E-state index in [0.29, 0.717) is 6.54 Å². The highest BCUT2D eigenvalue weighted by atomic mass is 35.5. The molecule has 0 aliphatic carbocycles. The number of hydrogen-bond acceptors (Lipinski definition) is 3. The van der Waals surface area contributed by atoms with E-state index in [2.05, 4.69) is 44.0 Å². The Balaban J connectivity index is 2.99. The van der Waals surface area contributed by atoms with Gasteiger partial charge in [0.25, 0.3) is 0 Å². The van der Waals surface area contributed by atoms with Gasteiger partial charge in [-0.3, -0.25) is 0 Å². The molecule has 0 unspecified atom stereocenters. The van der Waals surface area contributed by atoms with Crippen LogP contribution in [0.3, 0.4) is 0 Å². The summed E-state index contributed by atoms with van der Waals surface area (Å²) in [6, 6.07) is 6.01. The average Bonchev–Trinajstić information content (AvgIpc) is 2.41. The lowest BCUT2D eigenvalue weighted by Crippen LogP contribution is -2.36. The van der Waals surface area contributed by atoms with Gasteiger partial charge in [0.1, 0.15) is 0 Å². The largest absolute Gasteiger partial charge is 0.395 e. The van der Waals surface area contributed by atoms with Gasteiger partial charge in [-0.25, -0.2) is 0 Å². The van der Waals surface area contributed by atoms with Gasteiger partial charge < -0.3 is 15.3 Å². The van der Waals surface area contributed by atoms with E-state index in [4.69, 9.17) is 11.6 Å². The number of halogens is 1. The summed E-state index contributed by atoms with van der Waals surface area (Å²) in [6.45, 7) is 11.1. The standard InChI is InChI=1S/C17H29ClN2O/c1-5-6-10-20(11-12-21)16-9-7-8-15(18)14(16)13-19-17(2,3)4/h7-9,19,21H,5-6,10-13H2,1-4H3. The Morgan fingerprint density at radius 1 is 1.24 bits per heavy atom. The molecule has 2 N–H and O–H groups in total. The molecule has 0 fully saturated rings. The van der Waals surface area contributed by atoms with Crippen molar-refractivity contribution < 1.29 is 5.11 Å². The van der Waals surface area contributed by atoms with Crippen molar-refractivity contribution in [3.05, 3.63) is 28.8 Å². The molecule has 120 valence electrons. The molecule has 4 heteroatoms. The normalized spacial score (nSPS) is 11.7. The van der Waals surface area contributed by atoms with E-state index < -0.39 is 0 Å². The molecule has 0 aliphatic rings. The van der Waals surface area contributed by atoms with Crippen LogP contribution in [-0.2, 0) is 6.54 Å². The van der Waals surface area contributed by atoms with Crippen molar-refractivity contribution in [2.45, 2.75) is 52.6 Å². The van der Waals surface area contributed by atoms with E-state index in [9.17, 15) is 5.11 Å². The van der Waals surface area contributed by atoms with E-state index in [1.165, 1.54) is 0 Å². The summed E-state index contributed by atoms with van der Waals surface area (Å²) in [5, 5.41) is 13.6. The van der Waals surface area contributed by atoms with Crippen LogP contribution in [0.4, 0.5) is 5.69 Å². The Labute approximate surface area is 134 Å². The summed E-state index contributed by atoms with van der Waals surface area (Å²) < 4.78 is 0. The number of aliphatic hydroxyl groups excluding tert-OH is 1. The Kier molecular flexibility index (Phi) is 7.50. The molecule has 1 rings (SSSR count). The minimum Gasteiger partial charge on any atom is -0.395 e. The number of aliphatic hydroxyl groups is 1. The van der Waals surface area contributed by atoms with Gasteiger partial charge in [-0.1, -0.05) is 31.0 Å². The van der Waals surface area contributed by atoms with Gasteiger partial charge in [0.2, 0.25) is 0 Å². The number of anilines is 1. The van der Waals surface area contributed by atoms with Crippen LogP contribution in [-0.4, -0.2) is 30.3 Å². The van der Waals surface area contributed by atoms with Crippen LogP contribution in [0.15, 0.2) is 18.2 Å². The van der Waals surface area contributed by atoms with Crippen LogP contribution in [0, 0.1) is 0 Å². The summed E-state index contributed by atoms with van der Waals surface area (Å²) in [6.07, 6.45) is 2.25. The molecule has 0 aromatic heterocycles. The summed E-state index contributed by atoms with van der Waals surface area (Å²) in [5.41, 5.74) is 2.28. The SMILES string of the molecule is CCCCN(CCO)c1cccc(Cl)c1CNC(C)(C)C. The van der Waals surface area contributed by atoms with Gasteiger partial charge in [0, 0.05) is 41.4 Å². The molecule has 0 atom stereocenters. The minimum atomic E-state index is 0.0433. The summed E-state index contributed by atoms with van der Waals surface area (Å²) in [5.74, 6) is 0. The predicted molar refractivity (Wildman–Crippen MR) is 92.3 cm³/mol. The lowest BCUT2D eigenvalue weighted by molar-refractivity contribution is 0.301. The van der Waals surface area contributed by atoms with Crippen molar-refractivity contribution in [1.29, 1.82) is 0 Å². The molecule has 0 spiro atoms. The zero-order valence-corrected chi connectivity index (χ0v) is 14.5. The van der Waals surface area contributed by atoms with E-state index >= 15 is 0 Å². The zero-order chi connectivity index (χ0) is 15.9. The zero-order valence-electron chi connectivity index (χ0n) is 13.7. The first-order valence-corrected chi connectivity index (χ1v) is 8.15. The Morgan fingerprint density at radius 2 is 1.95 bits per heavy atom. The van der Waals surface area contributed by atoms with Crippen molar-refractivity contribution in [1.82, 2.24) is 5.32 Å². The second-order valence-corrected chi connectivity index (χ2v) is 6.81. The fraction of sp³-hybridized carbons (Fsp3) is 0.647. The third-order valence-corrected chi connectivity index (χ3v) is 3.74. The third-order valence-electron chi connectivity index (χ3n) is 3.38. The lowest BCUT2D eigenvalue weighted by Gasteiger charge is -2.29. The van der Waals surface area contributed by atoms with Crippen LogP contribution in [0.25, 0.3) is 0 Å². The molecule has 0 radical (unpaired) electrons. The fourth-order valence-corrected chi connectivity index (χ4v) is 2.43. The number of unbranched alkanes of at least 4 members (excludes halogenated alkanes) is 1. The van der Waals surface area contributed by atoms with Gasteiger partial charge in [-0.2, -0.15) is 0 Å². The van der Waals surface area contributed by atoms with Crippen molar-refractivity contribution in [3.63, 3.8) is 0 Å². The van der Waals surface area contributed by atoms with Crippen molar-refractivity contribution >= 4 is 17.3 Å². The average molecular weight is 313 g/mol.